The summed E-state index contributed by atoms with van der Waals surface area (Å²) in [7, 11) is -3.87. The van der Waals surface area contributed by atoms with Crippen molar-refractivity contribution in [3.05, 3.63) is 35.5 Å². The van der Waals surface area contributed by atoms with Crippen LogP contribution in [0.2, 0.25) is 5.15 Å². The first-order valence-corrected chi connectivity index (χ1v) is 7.98. The molecule has 0 spiro atoms. The van der Waals surface area contributed by atoms with Gasteiger partial charge in [-0.2, -0.15) is 0 Å². The standard InChI is InChI=1S/C13H15ClN2O4S/c1-13(7-17,8-18)16-21(19,20)10-3-4-11-9(6-10)2-5-12(14)15-11/h2-6,16-18H,7-8H2,1H3. The fraction of sp³-hybridized carbons (Fsp3) is 0.308. The van der Waals surface area contributed by atoms with Crippen LogP contribution in [0.4, 0.5) is 0 Å². The van der Waals surface area contributed by atoms with Crippen LogP contribution in [0.25, 0.3) is 10.9 Å². The highest BCUT2D eigenvalue weighted by atomic mass is 35.5. The number of hydrogen-bond donors (Lipinski definition) is 3. The second kappa shape index (κ2) is 5.86. The molecular weight excluding hydrogens is 316 g/mol. The van der Waals surface area contributed by atoms with Gasteiger partial charge in [-0.25, -0.2) is 18.1 Å². The van der Waals surface area contributed by atoms with Crippen molar-refractivity contribution < 1.29 is 18.6 Å². The second-order valence-corrected chi connectivity index (χ2v) is 7.04. The summed E-state index contributed by atoms with van der Waals surface area (Å²) in [6, 6.07) is 7.63. The smallest absolute Gasteiger partial charge is 0.241 e. The van der Waals surface area contributed by atoms with Crippen molar-refractivity contribution in [1.29, 1.82) is 0 Å². The van der Waals surface area contributed by atoms with Gasteiger partial charge in [0.15, 0.2) is 0 Å². The van der Waals surface area contributed by atoms with E-state index in [1.807, 2.05) is 0 Å². The molecule has 1 heterocycles. The van der Waals surface area contributed by atoms with Crippen LogP contribution in [0.3, 0.4) is 0 Å². The van der Waals surface area contributed by atoms with Crippen molar-refractivity contribution in [3.63, 3.8) is 0 Å². The number of sulfonamides is 1. The van der Waals surface area contributed by atoms with Crippen molar-refractivity contribution in [1.82, 2.24) is 9.71 Å². The fourth-order valence-corrected chi connectivity index (χ4v) is 3.32. The normalized spacial score (nSPS) is 12.8. The van der Waals surface area contributed by atoms with Crippen molar-refractivity contribution in [2.75, 3.05) is 13.2 Å². The van der Waals surface area contributed by atoms with Gasteiger partial charge in [-0.3, -0.25) is 0 Å². The molecule has 2 rings (SSSR count). The maximum absolute atomic E-state index is 12.3. The fourth-order valence-electron chi connectivity index (χ4n) is 1.74. The van der Waals surface area contributed by atoms with E-state index in [1.54, 1.807) is 18.2 Å². The Labute approximate surface area is 127 Å². The summed E-state index contributed by atoms with van der Waals surface area (Å²) >= 11 is 5.78. The Morgan fingerprint density at radius 2 is 1.90 bits per heavy atom. The Balaban J connectivity index is 2.43. The van der Waals surface area contributed by atoms with E-state index in [1.165, 1.54) is 19.1 Å². The molecule has 8 heteroatoms. The number of nitrogens with one attached hydrogen (secondary N) is 1. The molecular formula is C13H15ClN2O4S. The van der Waals surface area contributed by atoms with Crippen molar-refractivity contribution in [2.45, 2.75) is 17.4 Å². The van der Waals surface area contributed by atoms with E-state index in [0.29, 0.717) is 16.1 Å². The lowest BCUT2D eigenvalue weighted by Crippen LogP contribution is -2.51. The average molecular weight is 331 g/mol. The summed E-state index contributed by atoms with van der Waals surface area (Å²) < 4.78 is 26.9. The molecule has 2 aromatic rings. The van der Waals surface area contributed by atoms with Crippen LogP contribution in [0, 0.1) is 0 Å². The second-order valence-electron chi connectivity index (χ2n) is 4.97. The number of aromatic nitrogens is 1. The number of hydrogen-bond acceptors (Lipinski definition) is 5. The van der Waals surface area contributed by atoms with Crippen LogP contribution >= 0.6 is 11.6 Å². The van der Waals surface area contributed by atoms with Gasteiger partial charge in [-0.15, -0.1) is 0 Å². The summed E-state index contributed by atoms with van der Waals surface area (Å²) in [5, 5.41) is 19.3. The third-order valence-corrected chi connectivity index (χ3v) is 4.86. The van der Waals surface area contributed by atoms with E-state index in [4.69, 9.17) is 11.6 Å². The van der Waals surface area contributed by atoms with Gasteiger partial charge in [0.05, 0.1) is 29.2 Å². The Morgan fingerprint density at radius 1 is 1.24 bits per heavy atom. The minimum atomic E-state index is -3.87. The molecule has 0 fully saturated rings. The molecule has 21 heavy (non-hydrogen) atoms. The van der Waals surface area contributed by atoms with Crippen molar-refractivity contribution >= 4 is 32.5 Å². The van der Waals surface area contributed by atoms with Crippen LogP contribution in [0.1, 0.15) is 6.92 Å². The highest BCUT2D eigenvalue weighted by Crippen LogP contribution is 2.20. The topological polar surface area (TPSA) is 99.5 Å². The number of rotatable bonds is 5. The Hall–Kier alpha value is -1.25. The molecule has 0 radical (unpaired) electrons. The van der Waals surface area contributed by atoms with E-state index in [2.05, 4.69) is 9.71 Å². The first kappa shape index (κ1) is 16.1. The van der Waals surface area contributed by atoms with Crippen LogP contribution in [0.15, 0.2) is 35.2 Å². The lowest BCUT2D eigenvalue weighted by Gasteiger charge is -2.25. The lowest BCUT2D eigenvalue weighted by atomic mass is 10.1. The molecule has 0 saturated heterocycles. The predicted octanol–water partition coefficient (Wildman–Crippen LogP) is 0.910. The largest absolute Gasteiger partial charge is 0.394 e. The molecule has 3 N–H and O–H groups in total. The molecule has 0 aliphatic carbocycles. The summed E-state index contributed by atoms with van der Waals surface area (Å²) in [5.41, 5.74) is -0.750. The minimum Gasteiger partial charge on any atom is -0.394 e. The van der Waals surface area contributed by atoms with Gasteiger partial charge in [-0.1, -0.05) is 11.6 Å². The van der Waals surface area contributed by atoms with Gasteiger partial charge in [-0.05, 0) is 37.3 Å². The Morgan fingerprint density at radius 3 is 2.52 bits per heavy atom. The SMILES string of the molecule is CC(CO)(CO)NS(=O)(=O)c1ccc2nc(Cl)ccc2c1. The zero-order chi connectivity index (χ0) is 15.7. The first-order chi connectivity index (χ1) is 9.79. The predicted molar refractivity (Wildman–Crippen MR) is 79.7 cm³/mol. The highest BCUT2D eigenvalue weighted by molar-refractivity contribution is 7.89. The molecule has 0 unspecified atom stereocenters. The van der Waals surface area contributed by atoms with Crippen LogP contribution in [0.5, 0.6) is 0 Å². The summed E-state index contributed by atoms with van der Waals surface area (Å²) in [5.74, 6) is 0. The molecule has 0 bridgehead atoms. The molecule has 1 aromatic heterocycles. The van der Waals surface area contributed by atoms with Gasteiger partial charge in [0.25, 0.3) is 0 Å². The number of aliphatic hydroxyl groups excluding tert-OH is 2. The number of fused-ring (bicyclic) bond motifs is 1. The molecule has 1 aromatic carbocycles. The molecule has 0 aliphatic rings. The molecule has 0 aliphatic heterocycles. The quantitative estimate of drug-likeness (QED) is 0.708. The third kappa shape index (κ3) is 3.50. The zero-order valence-electron chi connectivity index (χ0n) is 11.2. The van der Waals surface area contributed by atoms with E-state index in [-0.39, 0.29) is 4.90 Å². The molecule has 6 nitrogen and oxygen atoms in total. The summed E-state index contributed by atoms with van der Waals surface area (Å²) in [6.45, 7) is 0.369. The van der Waals surface area contributed by atoms with Gasteiger partial charge in [0.1, 0.15) is 5.15 Å². The highest BCUT2D eigenvalue weighted by Gasteiger charge is 2.29. The van der Waals surface area contributed by atoms with Crippen molar-refractivity contribution in [2.24, 2.45) is 0 Å². The Bertz CT molecular complexity index is 760. The first-order valence-electron chi connectivity index (χ1n) is 6.12. The van der Waals surface area contributed by atoms with Crippen LogP contribution < -0.4 is 4.72 Å². The van der Waals surface area contributed by atoms with Crippen LogP contribution in [-0.4, -0.2) is 42.4 Å². The number of halogens is 1. The zero-order valence-corrected chi connectivity index (χ0v) is 12.8. The van der Waals surface area contributed by atoms with E-state index in [0.717, 1.165) is 0 Å². The average Bonchev–Trinajstić information content (AvgIpc) is 2.46. The molecule has 0 saturated carbocycles. The third-order valence-electron chi connectivity index (χ3n) is 3.02. The number of nitrogens with zero attached hydrogens (tertiary/aromatic N) is 1. The summed E-state index contributed by atoms with van der Waals surface area (Å²) in [6.07, 6.45) is 0. The van der Waals surface area contributed by atoms with Gasteiger partial charge < -0.3 is 10.2 Å². The van der Waals surface area contributed by atoms with Crippen LogP contribution in [-0.2, 0) is 10.0 Å². The summed E-state index contributed by atoms with van der Waals surface area (Å²) in [4.78, 5) is 4.10. The maximum Gasteiger partial charge on any atom is 0.241 e. The van der Waals surface area contributed by atoms with E-state index in [9.17, 15) is 18.6 Å². The van der Waals surface area contributed by atoms with Gasteiger partial charge in [0.2, 0.25) is 10.0 Å². The monoisotopic (exact) mass is 330 g/mol. The lowest BCUT2D eigenvalue weighted by molar-refractivity contribution is 0.122. The van der Waals surface area contributed by atoms with E-state index >= 15 is 0 Å². The number of benzene rings is 1. The number of aliphatic hydroxyl groups is 2. The van der Waals surface area contributed by atoms with Gasteiger partial charge >= 0.3 is 0 Å². The Kier molecular flexibility index (Phi) is 4.50. The van der Waals surface area contributed by atoms with Crippen molar-refractivity contribution in [3.8, 4) is 0 Å². The number of pyridine rings is 1. The maximum atomic E-state index is 12.3. The van der Waals surface area contributed by atoms with Gasteiger partial charge in [0, 0.05) is 5.39 Å². The molecule has 114 valence electrons. The molecule has 0 amide bonds. The van der Waals surface area contributed by atoms with E-state index < -0.39 is 28.8 Å². The molecule has 0 atom stereocenters. The minimum absolute atomic E-state index is 0.0206.